The third kappa shape index (κ3) is 2.29. The molecule has 0 amide bonds. The van der Waals surface area contributed by atoms with Crippen LogP contribution in [-0.4, -0.2) is 11.6 Å². The molecule has 0 spiro atoms. The number of Topliss-reactive ketones (excluding diaryl/α,β-unsaturated/α-hetero) is 2. The average molecular weight is 198 g/mol. The second-order valence-electron chi connectivity index (χ2n) is 2.61. The number of furan rings is 2. The fourth-order valence-electron chi connectivity index (χ4n) is 1.04. The Morgan fingerprint density at radius 2 is 1.33 bits per heavy atom. The molecule has 2 heterocycles. The van der Waals surface area contributed by atoms with Gasteiger partial charge < -0.3 is 10.3 Å². The number of carbonyl (C=O) groups excluding carboxylic acids is 2. The zero-order valence-corrected chi connectivity index (χ0v) is 8.10. The fraction of sp³-hybridized carbons (Fsp3) is 0. The van der Waals surface area contributed by atoms with Crippen LogP contribution in [-0.2, 0) is 0 Å². The molecular weight excluding hydrogens is 191 g/mol. The van der Waals surface area contributed by atoms with E-state index in [0.717, 1.165) is 0 Å². The van der Waals surface area contributed by atoms with E-state index in [4.69, 9.17) is 8.83 Å². The van der Waals surface area contributed by atoms with Crippen LogP contribution < -0.4 is 18.9 Å². The Kier molecular flexibility index (Phi) is 3.72. The van der Waals surface area contributed by atoms with Crippen LogP contribution in [0.5, 0.6) is 0 Å². The molecule has 0 aliphatic rings. The van der Waals surface area contributed by atoms with Gasteiger partial charge in [0.05, 0.1) is 12.5 Å². The van der Waals surface area contributed by atoms with Crippen molar-refractivity contribution in [2.75, 3.05) is 0 Å². The van der Waals surface area contributed by atoms with Crippen LogP contribution in [0.1, 0.15) is 22.5 Å². The average Bonchev–Trinajstić information content (AvgIpc) is 2.87. The van der Waals surface area contributed by atoms with E-state index < -0.39 is 11.6 Å². The molecule has 2 aromatic heterocycles. The van der Waals surface area contributed by atoms with Gasteiger partial charge in [0, 0.05) is 0 Å². The van der Waals surface area contributed by atoms with Crippen molar-refractivity contribution in [3.05, 3.63) is 48.3 Å². The molecule has 0 fully saturated rings. The quantitative estimate of drug-likeness (QED) is 0.362. The summed E-state index contributed by atoms with van der Waals surface area (Å²) in [5, 5.41) is 0. The van der Waals surface area contributed by atoms with Crippen LogP contribution >= 0.6 is 0 Å². The molecule has 0 bridgehead atoms. The second kappa shape index (κ2) is 4.83. The van der Waals surface area contributed by atoms with Gasteiger partial charge in [-0.2, -0.15) is 0 Å². The maximum atomic E-state index is 11.4. The summed E-state index contributed by atoms with van der Waals surface area (Å²) in [6, 6.07) is 5.96. The maximum Gasteiger partial charge on any atom is 1.00 e. The fourth-order valence-corrected chi connectivity index (χ4v) is 1.04. The first kappa shape index (κ1) is 11.6. The van der Waals surface area contributed by atoms with Crippen molar-refractivity contribution in [2.45, 2.75) is 0 Å². The summed E-state index contributed by atoms with van der Waals surface area (Å²) in [7, 11) is 0. The predicted molar refractivity (Wildman–Crippen MR) is 47.2 cm³/mol. The molecule has 0 unspecified atom stereocenters. The molecule has 15 heavy (non-hydrogen) atoms. The molecule has 72 valence electrons. The first-order chi connectivity index (χ1) is 6.79. The molecule has 4 nitrogen and oxygen atoms in total. The van der Waals surface area contributed by atoms with E-state index in [0.29, 0.717) is 0 Å². The van der Waals surface area contributed by atoms with E-state index in [1.165, 1.54) is 24.7 Å². The SMILES string of the molecule is O=C(C(=O)c1ccco1)c1ccco1.[H-].[Li+]. The second-order valence-corrected chi connectivity index (χ2v) is 2.61. The van der Waals surface area contributed by atoms with Crippen LogP contribution in [0.4, 0.5) is 0 Å². The molecular formula is C10H7LiO4. The van der Waals surface area contributed by atoms with Crippen molar-refractivity contribution >= 4 is 11.6 Å². The minimum Gasteiger partial charge on any atom is -1.00 e. The Bertz CT molecular complexity index is 403. The summed E-state index contributed by atoms with van der Waals surface area (Å²) in [5.41, 5.74) is 0. The molecule has 0 aliphatic heterocycles. The van der Waals surface area contributed by atoms with E-state index in [1.807, 2.05) is 0 Å². The van der Waals surface area contributed by atoms with Gasteiger partial charge in [-0.15, -0.1) is 0 Å². The van der Waals surface area contributed by atoms with Crippen molar-refractivity contribution < 1.29 is 38.7 Å². The van der Waals surface area contributed by atoms with Crippen LogP contribution in [0.2, 0.25) is 0 Å². The van der Waals surface area contributed by atoms with Crippen LogP contribution in [0.15, 0.2) is 45.6 Å². The van der Waals surface area contributed by atoms with Gasteiger partial charge in [0.1, 0.15) is 0 Å². The van der Waals surface area contributed by atoms with E-state index in [9.17, 15) is 9.59 Å². The van der Waals surface area contributed by atoms with Crippen molar-refractivity contribution in [3.8, 4) is 0 Å². The maximum absolute atomic E-state index is 11.4. The van der Waals surface area contributed by atoms with Crippen LogP contribution in [0.3, 0.4) is 0 Å². The van der Waals surface area contributed by atoms with Crippen LogP contribution in [0.25, 0.3) is 0 Å². The van der Waals surface area contributed by atoms with Crippen molar-refractivity contribution in [2.24, 2.45) is 0 Å². The molecule has 0 saturated heterocycles. The van der Waals surface area contributed by atoms with E-state index in [2.05, 4.69) is 0 Å². The van der Waals surface area contributed by atoms with Crippen LogP contribution in [0, 0.1) is 0 Å². The van der Waals surface area contributed by atoms with E-state index in [1.54, 1.807) is 12.1 Å². The van der Waals surface area contributed by atoms with Crippen molar-refractivity contribution in [1.82, 2.24) is 0 Å². The Balaban J connectivity index is 0.00000112. The molecule has 2 aromatic rings. The molecule has 0 radical (unpaired) electrons. The monoisotopic (exact) mass is 198 g/mol. The Morgan fingerprint density at radius 1 is 0.933 bits per heavy atom. The zero-order chi connectivity index (χ0) is 9.97. The van der Waals surface area contributed by atoms with Crippen molar-refractivity contribution in [3.63, 3.8) is 0 Å². The minimum atomic E-state index is -0.704. The smallest absolute Gasteiger partial charge is 1.00 e. The predicted octanol–water partition coefficient (Wildman–Crippen LogP) is -0.945. The van der Waals surface area contributed by atoms with E-state index >= 15 is 0 Å². The van der Waals surface area contributed by atoms with Gasteiger partial charge in [0.25, 0.3) is 11.6 Å². The molecule has 0 aliphatic carbocycles. The molecule has 5 heteroatoms. The molecule has 0 aromatic carbocycles. The van der Waals surface area contributed by atoms with Gasteiger partial charge in [-0.3, -0.25) is 9.59 Å². The summed E-state index contributed by atoms with van der Waals surface area (Å²) in [4.78, 5) is 22.8. The summed E-state index contributed by atoms with van der Waals surface area (Å²) < 4.78 is 9.60. The summed E-state index contributed by atoms with van der Waals surface area (Å²) in [6.45, 7) is 0. The third-order valence-corrected chi connectivity index (χ3v) is 1.70. The minimum absolute atomic E-state index is 0. The molecule has 0 saturated carbocycles. The number of ketones is 2. The number of rotatable bonds is 3. The summed E-state index contributed by atoms with van der Waals surface area (Å²) in [5.74, 6) is -1.37. The summed E-state index contributed by atoms with van der Waals surface area (Å²) >= 11 is 0. The normalized spacial score (nSPS) is 9.33. The third-order valence-electron chi connectivity index (χ3n) is 1.70. The Morgan fingerprint density at radius 3 is 1.60 bits per heavy atom. The number of hydrogen-bond acceptors (Lipinski definition) is 4. The van der Waals surface area contributed by atoms with Gasteiger partial charge in [0.15, 0.2) is 11.5 Å². The number of carbonyl (C=O) groups is 2. The number of hydrogen-bond donors (Lipinski definition) is 0. The Labute approximate surface area is 98.9 Å². The largest absolute Gasteiger partial charge is 1.00 e. The van der Waals surface area contributed by atoms with Gasteiger partial charge in [-0.1, -0.05) is 0 Å². The standard InChI is InChI=1S/C10H6O4.Li.H/c11-9(7-3-1-5-13-7)10(12)8-4-2-6-14-8;;/h1-6H;;/q;+1;-1. The van der Waals surface area contributed by atoms with Gasteiger partial charge >= 0.3 is 18.9 Å². The van der Waals surface area contributed by atoms with Crippen molar-refractivity contribution in [1.29, 1.82) is 0 Å². The molecule has 0 atom stereocenters. The van der Waals surface area contributed by atoms with Gasteiger partial charge in [-0.05, 0) is 24.3 Å². The molecule has 0 N–H and O–H groups in total. The zero-order valence-electron chi connectivity index (χ0n) is 9.10. The molecule has 2 rings (SSSR count). The summed E-state index contributed by atoms with van der Waals surface area (Å²) in [6.07, 6.45) is 2.67. The van der Waals surface area contributed by atoms with Gasteiger partial charge in [0.2, 0.25) is 0 Å². The van der Waals surface area contributed by atoms with E-state index in [-0.39, 0.29) is 31.8 Å². The Hall–Kier alpha value is -1.50. The van der Waals surface area contributed by atoms with Gasteiger partial charge in [-0.25, -0.2) is 0 Å². The topological polar surface area (TPSA) is 60.4 Å². The first-order valence-electron chi connectivity index (χ1n) is 3.95. The first-order valence-corrected chi connectivity index (χ1v) is 3.95.